The number of hydrogen-bond donors (Lipinski definition) is 0. The van der Waals surface area contributed by atoms with Crippen LogP contribution in [0.4, 0.5) is 5.69 Å². The van der Waals surface area contributed by atoms with Gasteiger partial charge in [-0.3, -0.25) is 0 Å². The number of aromatic nitrogens is 3. The van der Waals surface area contributed by atoms with E-state index in [1.54, 1.807) is 12.1 Å². The third-order valence-corrected chi connectivity index (χ3v) is 15.1. The van der Waals surface area contributed by atoms with E-state index < -0.39 is 0 Å². The van der Waals surface area contributed by atoms with Crippen molar-refractivity contribution in [2.45, 2.75) is 200 Å². The van der Waals surface area contributed by atoms with Crippen LogP contribution in [-0.2, 0) is 6.54 Å². The van der Waals surface area contributed by atoms with Crippen molar-refractivity contribution in [3.8, 4) is 35.5 Å². The fourth-order valence-electron chi connectivity index (χ4n) is 10.4. The normalized spacial score (nSPS) is 10.8. The summed E-state index contributed by atoms with van der Waals surface area (Å²) in [5.74, 6) is 0. The molecule has 5 aromatic rings. The van der Waals surface area contributed by atoms with Gasteiger partial charge in [-0.1, -0.05) is 284 Å². The van der Waals surface area contributed by atoms with E-state index in [9.17, 15) is 21.0 Å². The number of unbranched alkanes of at least 4 members (excludes halogenated alkanes) is 26. The fraction of sp³-hybridized carbons (Fsp3) is 0.478. The van der Waals surface area contributed by atoms with Gasteiger partial charge >= 0.3 is 0 Å². The summed E-state index contributed by atoms with van der Waals surface area (Å²) in [6.45, 7) is 11.0. The number of hydrogen-bond acceptors (Lipinski definition) is 7. The summed E-state index contributed by atoms with van der Waals surface area (Å²) >= 11 is 0. The van der Waals surface area contributed by atoms with Gasteiger partial charge in [0, 0.05) is 35.1 Å². The van der Waals surface area contributed by atoms with Gasteiger partial charge < -0.3 is 4.90 Å². The lowest BCUT2D eigenvalue weighted by Crippen LogP contribution is -2.25. The average molecular weight is 1030 g/mol. The molecule has 8 heteroatoms. The van der Waals surface area contributed by atoms with Gasteiger partial charge in [-0.15, -0.1) is 5.10 Å². The SMILES string of the molecule is C=Cc1ccc(Cn2cc(-c3ccc(C(=C(C#N)C#N)C(c4ccc(N(CCCCCCCCCCCCCCCC)CCCCCCCCCCCCCCCC)cc4)=c4ccc(=C(C#N)C#N)cc4)cc3)nn2)cc1. The monoisotopic (exact) mass is 1030 g/mol. The number of rotatable bonds is 38. The van der Waals surface area contributed by atoms with Crippen LogP contribution in [0.5, 0.6) is 0 Å². The molecule has 4 aromatic carbocycles. The zero-order valence-corrected chi connectivity index (χ0v) is 47.1. The van der Waals surface area contributed by atoms with Crippen LogP contribution in [0.2, 0.25) is 0 Å². The highest BCUT2D eigenvalue weighted by atomic mass is 15.4. The first kappa shape index (κ1) is 60.9. The topological polar surface area (TPSA) is 129 Å². The van der Waals surface area contributed by atoms with Crippen LogP contribution >= 0.6 is 0 Å². The van der Waals surface area contributed by atoms with Crippen molar-refractivity contribution >= 4 is 28.5 Å². The minimum Gasteiger partial charge on any atom is -0.372 e. The van der Waals surface area contributed by atoms with Crippen molar-refractivity contribution in [3.63, 3.8) is 0 Å². The first-order valence-corrected chi connectivity index (χ1v) is 29.7. The van der Waals surface area contributed by atoms with Gasteiger partial charge in [-0.25, -0.2) is 4.68 Å². The lowest BCUT2D eigenvalue weighted by atomic mass is 9.87. The Labute approximate surface area is 464 Å². The molecule has 0 aliphatic heterocycles. The lowest BCUT2D eigenvalue weighted by Gasteiger charge is -2.26. The smallest absolute Gasteiger partial charge is 0.138 e. The lowest BCUT2D eigenvalue weighted by molar-refractivity contribution is 0.529. The molecule has 0 atom stereocenters. The van der Waals surface area contributed by atoms with Crippen LogP contribution in [0.15, 0.2) is 115 Å². The van der Waals surface area contributed by atoms with Gasteiger partial charge in [-0.05, 0) is 58.0 Å². The van der Waals surface area contributed by atoms with Crippen LogP contribution in [0.1, 0.15) is 216 Å². The maximum Gasteiger partial charge on any atom is 0.138 e. The molecule has 0 fully saturated rings. The first-order chi connectivity index (χ1) is 38.0. The Bertz CT molecular complexity index is 2740. The van der Waals surface area contributed by atoms with Gasteiger partial charge in [0.05, 0.1) is 12.7 Å². The van der Waals surface area contributed by atoms with Crippen molar-refractivity contribution in [1.82, 2.24) is 15.0 Å². The molecular weight excluding hydrogens is 941 g/mol. The molecule has 0 unspecified atom stereocenters. The highest BCUT2D eigenvalue weighted by molar-refractivity contribution is 6.08. The molecule has 0 aliphatic rings. The molecule has 8 nitrogen and oxygen atoms in total. The predicted octanol–water partition coefficient (Wildman–Crippen LogP) is 17.3. The number of benzene rings is 4. The molecule has 1 aromatic heterocycles. The molecule has 404 valence electrons. The van der Waals surface area contributed by atoms with Crippen molar-refractivity contribution < 1.29 is 0 Å². The Morgan fingerprint density at radius 2 is 0.922 bits per heavy atom. The van der Waals surface area contributed by atoms with Crippen molar-refractivity contribution in [3.05, 3.63) is 148 Å². The van der Waals surface area contributed by atoms with E-state index >= 15 is 0 Å². The molecule has 77 heavy (non-hydrogen) atoms. The molecule has 0 spiro atoms. The summed E-state index contributed by atoms with van der Waals surface area (Å²) in [5.41, 5.74) is 7.64. The Morgan fingerprint density at radius 1 is 0.494 bits per heavy atom. The highest BCUT2D eigenvalue weighted by Crippen LogP contribution is 2.34. The molecule has 0 radical (unpaired) electrons. The summed E-state index contributed by atoms with van der Waals surface area (Å²) in [6.07, 6.45) is 41.2. The maximum absolute atomic E-state index is 10.6. The molecule has 0 aliphatic carbocycles. The summed E-state index contributed by atoms with van der Waals surface area (Å²) in [7, 11) is 0. The minimum absolute atomic E-state index is 0.0174. The molecule has 5 rings (SSSR count). The van der Waals surface area contributed by atoms with Gasteiger partial charge in [0.15, 0.2) is 0 Å². The number of anilines is 1. The average Bonchev–Trinajstić information content (AvgIpc) is 3.96. The molecule has 0 N–H and O–H groups in total. The second-order valence-electron chi connectivity index (χ2n) is 21.1. The molecule has 0 saturated carbocycles. The van der Waals surface area contributed by atoms with Crippen molar-refractivity contribution in [1.29, 1.82) is 21.0 Å². The fourth-order valence-corrected chi connectivity index (χ4v) is 10.4. The second-order valence-corrected chi connectivity index (χ2v) is 21.1. The van der Waals surface area contributed by atoms with Crippen LogP contribution < -0.4 is 15.3 Å². The molecule has 0 amide bonds. The van der Waals surface area contributed by atoms with Gasteiger partial charge in [0.1, 0.15) is 41.1 Å². The Hall–Kier alpha value is -7.00. The van der Waals surface area contributed by atoms with Gasteiger partial charge in [0.2, 0.25) is 0 Å². The van der Waals surface area contributed by atoms with Crippen molar-refractivity contribution in [2.24, 2.45) is 0 Å². The highest BCUT2D eigenvalue weighted by Gasteiger charge is 2.19. The van der Waals surface area contributed by atoms with E-state index in [1.165, 1.54) is 173 Å². The zero-order chi connectivity index (χ0) is 54.6. The maximum atomic E-state index is 10.6. The summed E-state index contributed by atoms with van der Waals surface area (Å²) in [5, 5.41) is 50.7. The molecule has 0 bridgehead atoms. The Kier molecular flexibility index (Phi) is 29.2. The zero-order valence-electron chi connectivity index (χ0n) is 47.1. The second kappa shape index (κ2) is 36.9. The molecular formula is C69H88N8. The van der Waals surface area contributed by atoms with Gasteiger partial charge in [-0.2, -0.15) is 21.0 Å². The summed E-state index contributed by atoms with van der Waals surface area (Å²) < 4.78 is 1.81. The third-order valence-electron chi connectivity index (χ3n) is 15.1. The largest absolute Gasteiger partial charge is 0.372 e. The number of nitriles is 4. The van der Waals surface area contributed by atoms with E-state index in [4.69, 9.17) is 0 Å². The summed E-state index contributed by atoms with van der Waals surface area (Å²) in [6, 6.07) is 40.3. The predicted molar refractivity (Wildman–Crippen MR) is 321 cm³/mol. The quantitative estimate of drug-likeness (QED) is 0.0284. The van der Waals surface area contributed by atoms with Crippen molar-refractivity contribution in [2.75, 3.05) is 18.0 Å². The van der Waals surface area contributed by atoms with Crippen LogP contribution in [0.3, 0.4) is 0 Å². The first-order valence-electron chi connectivity index (χ1n) is 29.7. The standard InChI is InChI=1S/C69H88N8/c1-4-7-9-11-13-15-17-19-21-23-25-27-29-31-49-76(50-32-30-28-26-24-22-20-18-16-14-12-10-8-5-2)66-47-45-63(46-48-66)68(61-41-37-59(38-42-61)64(51-70)52-71)69(65(53-72)54-73)62-43-39-60(40-44-62)67-56-77(75-74-67)55-58-35-33-57(6-3)34-36-58/h6,33-48,56H,3-5,7-32,49-50,55H2,1-2H3. The summed E-state index contributed by atoms with van der Waals surface area (Å²) in [4.78, 5) is 2.57. The molecule has 1 heterocycles. The van der Waals surface area contributed by atoms with E-state index in [2.05, 4.69) is 84.2 Å². The van der Waals surface area contributed by atoms with Crippen LogP contribution in [0, 0.1) is 45.3 Å². The van der Waals surface area contributed by atoms with Gasteiger partial charge in [0.25, 0.3) is 0 Å². The Balaban J connectivity index is 1.33. The molecule has 0 saturated heterocycles. The number of nitrogens with zero attached hydrogens (tertiary/aromatic N) is 8. The van der Waals surface area contributed by atoms with E-state index in [1.807, 2.05) is 77.6 Å². The van der Waals surface area contributed by atoms with E-state index in [0.29, 0.717) is 34.2 Å². The number of allylic oxidation sites excluding steroid dienone is 2. The van der Waals surface area contributed by atoms with E-state index in [-0.39, 0.29) is 11.1 Å². The Morgan fingerprint density at radius 3 is 1.35 bits per heavy atom. The third kappa shape index (κ3) is 21.5. The van der Waals surface area contributed by atoms with Crippen LogP contribution in [-0.4, -0.2) is 28.1 Å². The van der Waals surface area contributed by atoms with Crippen LogP contribution in [0.25, 0.3) is 34.1 Å². The van der Waals surface area contributed by atoms with E-state index in [0.717, 1.165) is 53.4 Å². The minimum atomic E-state index is -0.0205.